The molecule has 1 saturated heterocycles. The molecule has 174 valence electrons. The summed E-state index contributed by atoms with van der Waals surface area (Å²) >= 11 is 0. The van der Waals surface area contributed by atoms with Crippen LogP contribution in [-0.2, 0) is 18.9 Å². The van der Waals surface area contributed by atoms with E-state index in [-0.39, 0.29) is 6.61 Å². The Bertz CT molecular complexity index is 1120. The molecule has 34 heavy (non-hydrogen) atoms. The van der Waals surface area contributed by atoms with Gasteiger partial charge in [-0.2, -0.15) is 0 Å². The van der Waals surface area contributed by atoms with Crippen LogP contribution in [0.4, 0.5) is 0 Å². The van der Waals surface area contributed by atoms with Gasteiger partial charge in [0.05, 0.1) is 29.4 Å². The number of carbonyl (C=O) groups excluding carboxylic acids is 3. The van der Waals surface area contributed by atoms with E-state index in [4.69, 9.17) is 18.9 Å². The van der Waals surface area contributed by atoms with Crippen molar-refractivity contribution in [2.24, 2.45) is 0 Å². The molecule has 0 aliphatic carbocycles. The summed E-state index contributed by atoms with van der Waals surface area (Å²) in [7, 11) is 0. The first-order valence-electron chi connectivity index (χ1n) is 10.9. The van der Waals surface area contributed by atoms with Gasteiger partial charge in [-0.3, -0.25) is 0 Å². The maximum absolute atomic E-state index is 12.9. The van der Waals surface area contributed by atoms with Crippen molar-refractivity contribution in [3.8, 4) is 0 Å². The van der Waals surface area contributed by atoms with Crippen LogP contribution in [0.5, 0.6) is 0 Å². The molecule has 0 spiro atoms. The standard InChI is InChI=1S/C27H24O7/c1-18-23(33-26(29)20-13-7-3-8-14-20)24(34-27(30)21-15-9-4-10-16-21)22(17-31-18)32-25(28)19-11-5-2-6-12-19/h2-16,18,22-24H,17H2,1H3/t18-,22+,23+,24+/m1/s1. The fourth-order valence-corrected chi connectivity index (χ4v) is 3.63. The number of rotatable bonds is 6. The van der Waals surface area contributed by atoms with Gasteiger partial charge in [-0.15, -0.1) is 0 Å². The third kappa shape index (κ3) is 5.50. The van der Waals surface area contributed by atoms with Crippen LogP contribution in [0.3, 0.4) is 0 Å². The molecular formula is C27H24O7. The summed E-state index contributed by atoms with van der Waals surface area (Å²) in [5, 5.41) is 0. The molecule has 1 fully saturated rings. The first-order valence-corrected chi connectivity index (χ1v) is 10.9. The summed E-state index contributed by atoms with van der Waals surface area (Å²) in [6.07, 6.45) is -3.66. The Hall–Kier alpha value is -3.97. The third-order valence-electron chi connectivity index (χ3n) is 5.45. The zero-order chi connectivity index (χ0) is 23.9. The Balaban J connectivity index is 1.59. The number of ether oxygens (including phenoxy) is 4. The quantitative estimate of drug-likeness (QED) is 0.405. The van der Waals surface area contributed by atoms with Crippen LogP contribution in [0.1, 0.15) is 38.0 Å². The van der Waals surface area contributed by atoms with E-state index < -0.39 is 42.3 Å². The number of benzene rings is 3. The molecule has 0 N–H and O–H groups in total. The number of carbonyl (C=O) groups is 3. The van der Waals surface area contributed by atoms with Gasteiger partial charge in [-0.1, -0.05) is 54.6 Å². The van der Waals surface area contributed by atoms with Crippen molar-refractivity contribution in [3.05, 3.63) is 108 Å². The zero-order valence-electron chi connectivity index (χ0n) is 18.5. The molecule has 7 nitrogen and oxygen atoms in total. The van der Waals surface area contributed by atoms with Gasteiger partial charge in [-0.05, 0) is 43.3 Å². The maximum Gasteiger partial charge on any atom is 0.338 e. The van der Waals surface area contributed by atoms with Crippen LogP contribution in [-0.4, -0.2) is 48.9 Å². The van der Waals surface area contributed by atoms with E-state index in [1.54, 1.807) is 97.9 Å². The van der Waals surface area contributed by atoms with Gasteiger partial charge < -0.3 is 18.9 Å². The van der Waals surface area contributed by atoms with Gasteiger partial charge in [0.25, 0.3) is 0 Å². The summed E-state index contributed by atoms with van der Waals surface area (Å²) in [6.45, 7) is 1.69. The summed E-state index contributed by atoms with van der Waals surface area (Å²) < 4.78 is 22.9. The molecular weight excluding hydrogens is 436 g/mol. The average molecular weight is 460 g/mol. The fourth-order valence-electron chi connectivity index (χ4n) is 3.63. The lowest BCUT2D eigenvalue weighted by Crippen LogP contribution is -2.56. The predicted octanol–water partition coefficient (Wildman–Crippen LogP) is 4.08. The average Bonchev–Trinajstić information content (AvgIpc) is 2.89. The van der Waals surface area contributed by atoms with Crippen molar-refractivity contribution >= 4 is 17.9 Å². The summed E-state index contributed by atoms with van der Waals surface area (Å²) in [5.41, 5.74) is 1.00. The minimum atomic E-state index is -1.07. The summed E-state index contributed by atoms with van der Waals surface area (Å²) in [4.78, 5) is 38.4. The maximum atomic E-state index is 12.9. The first kappa shape index (κ1) is 23.2. The first-order chi connectivity index (χ1) is 16.5. The van der Waals surface area contributed by atoms with Gasteiger partial charge in [0.2, 0.25) is 0 Å². The van der Waals surface area contributed by atoms with Crippen molar-refractivity contribution in [3.63, 3.8) is 0 Å². The second-order valence-corrected chi connectivity index (χ2v) is 7.82. The molecule has 4 rings (SSSR count). The molecule has 3 aromatic rings. The Labute approximate surface area is 197 Å². The second-order valence-electron chi connectivity index (χ2n) is 7.82. The summed E-state index contributed by atoms with van der Waals surface area (Å²) in [5.74, 6) is -1.82. The van der Waals surface area contributed by atoms with Gasteiger partial charge >= 0.3 is 17.9 Å². The van der Waals surface area contributed by atoms with Crippen LogP contribution < -0.4 is 0 Å². The highest BCUT2D eigenvalue weighted by molar-refractivity contribution is 5.91. The SMILES string of the molecule is C[C@H]1OC[C@H](OC(=O)c2ccccc2)[C@H](OC(=O)c2ccccc2)[C@H]1OC(=O)c1ccccc1. The van der Waals surface area contributed by atoms with Crippen LogP contribution in [0.25, 0.3) is 0 Å². The van der Waals surface area contributed by atoms with E-state index in [2.05, 4.69) is 0 Å². The third-order valence-corrected chi connectivity index (χ3v) is 5.45. The monoisotopic (exact) mass is 460 g/mol. The van der Waals surface area contributed by atoms with E-state index in [1.807, 2.05) is 0 Å². The Morgan fingerprint density at radius 1 is 0.618 bits per heavy atom. The highest BCUT2D eigenvalue weighted by atomic mass is 16.6. The van der Waals surface area contributed by atoms with Crippen LogP contribution in [0, 0.1) is 0 Å². The molecule has 1 aliphatic rings. The number of esters is 3. The van der Waals surface area contributed by atoms with E-state index in [0.717, 1.165) is 0 Å². The van der Waals surface area contributed by atoms with Crippen molar-refractivity contribution in [1.82, 2.24) is 0 Å². The lowest BCUT2D eigenvalue weighted by Gasteiger charge is -2.39. The number of hydrogen-bond donors (Lipinski definition) is 0. The molecule has 0 saturated carbocycles. The van der Waals surface area contributed by atoms with Crippen LogP contribution >= 0.6 is 0 Å². The second kappa shape index (κ2) is 10.8. The molecule has 0 aromatic heterocycles. The van der Waals surface area contributed by atoms with E-state index in [9.17, 15) is 14.4 Å². The number of hydrogen-bond acceptors (Lipinski definition) is 7. The summed E-state index contributed by atoms with van der Waals surface area (Å²) in [6, 6.07) is 25.3. The van der Waals surface area contributed by atoms with Gasteiger partial charge in [0.15, 0.2) is 18.3 Å². The van der Waals surface area contributed by atoms with Crippen molar-refractivity contribution in [2.75, 3.05) is 6.61 Å². The Morgan fingerprint density at radius 3 is 1.44 bits per heavy atom. The molecule has 7 heteroatoms. The van der Waals surface area contributed by atoms with Crippen LogP contribution in [0.2, 0.25) is 0 Å². The lowest BCUT2D eigenvalue weighted by atomic mass is 9.99. The molecule has 0 radical (unpaired) electrons. The lowest BCUT2D eigenvalue weighted by molar-refractivity contribution is -0.185. The Kier molecular flexibility index (Phi) is 7.34. The molecule has 1 heterocycles. The fraction of sp³-hybridized carbons (Fsp3) is 0.222. The molecule has 1 aliphatic heterocycles. The van der Waals surface area contributed by atoms with Gasteiger partial charge in [0.1, 0.15) is 0 Å². The zero-order valence-corrected chi connectivity index (χ0v) is 18.5. The van der Waals surface area contributed by atoms with E-state index in [0.29, 0.717) is 16.7 Å². The van der Waals surface area contributed by atoms with Gasteiger partial charge in [-0.25, -0.2) is 14.4 Å². The largest absolute Gasteiger partial charge is 0.452 e. The molecule has 4 atom stereocenters. The molecule has 0 unspecified atom stereocenters. The van der Waals surface area contributed by atoms with E-state index in [1.165, 1.54) is 0 Å². The normalized spacial score (nSPS) is 21.8. The topological polar surface area (TPSA) is 88.1 Å². The minimum Gasteiger partial charge on any atom is -0.452 e. The van der Waals surface area contributed by atoms with E-state index >= 15 is 0 Å². The van der Waals surface area contributed by atoms with Crippen molar-refractivity contribution in [1.29, 1.82) is 0 Å². The molecule has 0 amide bonds. The van der Waals surface area contributed by atoms with Crippen LogP contribution in [0.15, 0.2) is 91.0 Å². The minimum absolute atomic E-state index is 0.0220. The van der Waals surface area contributed by atoms with Crippen molar-refractivity contribution < 1.29 is 33.3 Å². The smallest absolute Gasteiger partial charge is 0.338 e. The molecule has 3 aromatic carbocycles. The highest BCUT2D eigenvalue weighted by Crippen LogP contribution is 2.26. The molecule has 0 bridgehead atoms. The predicted molar refractivity (Wildman–Crippen MR) is 122 cm³/mol. The highest BCUT2D eigenvalue weighted by Gasteiger charge is 2.46. The Morgan fingerprint density at radius 2 is 1.00 bits per heavy atom. The van der Waals surface area contributed by atoms with Gasteiger partial charge in [0, 0.05) is 0 Å². The van der Waals surface area contributed by atoms with Crippen molar-refractivity contribution in [2.45, 2.75) is 31.3 Å².